The van der Waals surface area contributed by atoms with E-state index in [0.717, 1.165) is 13.1 Å². The van der Waals surface area contributed by atoms with Crippen LogP contribution in [0.5, 0.6) is 0 Å². The Morgan fingerprint density at radius 3 is 2.07 bits per heavy atom. The first kappa shape index (κ1) is 14.8. The van der Waals surface area contributed by atoms with Crippen LogP contribution >= 0.6 is 0 Å². The van der Waals surface area contributed by atoms with E-state index >= 15 is 0 Å². The molecule has 0 aliphatic carbocycles. The van der Waals surface area contributed by atoms with E-state index in [1.165, 1.54) is 0 Å². The first-order valence-electron chi connectivity index (χ1n) is 5.71. The van der Waals surface area contributed by atoms with E-state index in [2.05, 4.69) is 31.2 Å². The smallest absolute Gasteiger partial charge is 0.169 e. The molecule has 0 rings (SSSR count). The third-order valence-electron chi connectivity index (χ3n) is 1.98. The van der Waals surface area contributed by atoms with E-state index in [-0.39, 0.29) is 6.29 Å². The summed E-state index contributed by atoms with van der Waals surface area (Å²) in [7, 11) is 4.14. The molecule has 0 fully saturated rings. The van der Waals surface area contributed by atoms with Gasteiger partial charge in [-0.2, -0.15) is 0 Å². The quantitative estimate of drug-likeness (QED) is 0.584. The second-order valence-electron chi connectivity index (χ2n) is 3.91. The molecule has 1 N–H and O–H groups in total. The molecule has 0 bridgehead atoms. The Bertz CT molecular complexity index is 137. The van der Waals surface area contributed by atoms with Gasteiger partial charge in [0.25, 0.3) is 0 Å². The van der Waals surface area contributed by atoms with Crippen LogP contribution in [0.1, 0.15) is 20.8 Å². The number of rotatable bonds is 9. The van der Waals surface area contributed by atoms with Crippen LogP contribution in [0.15, 0.2) is 0 Å². The molecule has 1 atom stereocenters. The van der Waals surface area contributed by atoms with Crippen LogP contribution in [0.25, 0.3) is 0 Å². The summed E-state index contributed by atoms with van der Waals surface area (Å²) in [5.74, 6) is 0. The van der Waals surface area contributed by atoms with Crippen molar-refractivity contribution in [2.75, 3.05) is 40.4 Å². The minimum Gasteiger partial charge on any atom is -0.352 e. The van der Waals surface area contributed by atoms with E-state index in [4.69, 9.17) is 9.47 Å². The van der Waals surface area contributed by atoms with Crippen molar-refractivity contribution in [2.24, 2.45) is 0 Å². The molecule has 1 unspecified atom stereocenters. The van der Waals surface area contributed by atoms with Gasteiger partial charge < -0.3 is 19.7 Å². The van der Waals surface area contributed by atoms with E-state index in [0.29, 0.717) is 19.3 Å². The van der Waals surface area contributed by atoms with Crippen LogP contribution in [0.4, 0.5) is 0 Å². The van der Waals surface area contributed by atoms with Gasteiger partial charge >= 0.3 is 0 Å². The highest BCUT2D eigenvalue weighted by atomic mass is 16.7. The van der Waals surface area contributed by atoms with Crippen molar-refractivity contribution in [1.82, 2.24) is 10.2 Å². The number of nitrogens with zero attached hydrogens (tertiary/aromatic N) is 1. The van der Waals surface area contributed by atoms with Gasteiger partial charge in [0.1, 0.15) is 0 Å². The van der Waals surface area contributed by atoms with Crippen molar-refractivity contribution in [1.29, 1.82) is 0 Å². The fourth-order valence-electron chi connectivity index (χ4n) is 1.45. The number of hydrogen-bond donors (Lipinski definition) is 1. The molecule has 0 aliphatic heterocycles. The maximum absolute atomic E-state index is 5.44. The maximum Gasteiger partial charge on any atom is 0.169 e. The molecule has 4 heteroatoms. The molecule has 4 nitrogen and oxygen atoms in total. The molecule has 0 heterocycles. The van der Waals surface area contributed by atoms with Gasteiger partial charge in [0.15, 0.2) is 6.29 Å². The molecule has 92 valence electrons. The van der Waals surface area contributed by atoms with Crippen LogP contribution < -0.4 is 5.32 Å². The molecule has 0 spiro atoms. The van der Waals surface area contributed by atoms with E-state index in [1.54, 1.807) is 0 Å². The van der Waals surface area contributed by atoms with Crippen LogP contribution in [-0.2, 0) is 9.47 Å². The van der Waals surface area contributed by atoms with Gasteiger partial charge in [-0.05, 0) is 34.9 Å². The zero-order chi connectivity index (χ0) is 11.7. The van der Waals surface area contributed by atoms with Crippen molar-refractivity contribution in [3.8, 4) is 0 Å². The summed E-state index contributed by atoms with van der Waals surface area (Å²) in [6.45, 7) is 9.27. The maximum atomic E-state index is 5.44. The van der Waals surface area contributed by atoms with Crippen LogP contribution in [-0.4, -0.2) is 57.6 Å². The average Bonchev–Trinajstić information content (AvgIpc) is 2.14. The van der Waals surface area contributed by atoms with Gasteiger partial charge in [-0.3, -0.25) is 0 Å². The Kier molecular flexibility index (Phi) is 9.00. The molecular formula is C11H26N2O2. The van der Waals surface area contributed by atoms with Gasteiger partial charge in [0, 0.05) is 32.3 Å². The highest BCUT2D eigenvalue weighted by Crippen LogP contribution is 1.94. The molecule has 0 saturated heterocycles. The first-order valence-corrected chi connectivity index (χ1v) is 5.71. The lowest BCUT2D eigenvalue weighted by atomic mass is 10.3. The molecule has 0 aromatic heterocycles. The van der Waals surface area contributed by atoms with E-state index in [9.17, 15) is 0 Å². The Labute approximate surface area is 93.9 Å². The van der Waals surface area contributed by atoms with Crippen molar-refractivity contribution >= 4 is 0 Å². The molecule has 0 aliphatic rings. The molecule has 0 radical (unpaired) electrons. The summed E-state index contributed by atoms with van der Waals surface area (Å²) in [5.41, 5.74) is 0. The van der Waals surface area contributed by atoms with Gasteiger partial charge in [0.2, 0.25) is 0 Å². The fraction of sp³-hybridized carbons (Fsp3) is 1.00. The Hall–Kier alpha value is -0.160. The van der Waals surface area contributed by atoms with Gasteiger partial charge in [-0.1, -0.05) is 0 Å². The molecule has 0 aromatic rings. The minimum atomic E-state index is -0.121. The topological polar surface area (TPSA) is 33.7 Å². The fourth-order valence-corrected chi connectivity index (χ4v) is 1.45. The molecule has 0 saturated carbocycles. The van der Waals surface area contributed by atoms with Crippen molar-refractivity contribution < 1.29 is 9.47 Å². The summed E-state index contributed by atoms with van der Waals surface area (Å²) >= 11 is 0. The zero-order valence-corrected chi connectivity index (χ0v) is 10.7. The monoisotopic (exact) mass is 218 g/mol. The number of ether oxygens (including phenoxy) is 2. The normalized spacial score (nSPS) is 13.8. The second-order valence-corrected chi connectivity index (χ2v) is 3.91. The van der Waals surface area contributed by atoms with Gasteiger partial charge in [-0.15, -0.1) is 0 Å². The van der Waals surface area contributed by atoms with Gasteiger partial charge in [0.05, 0.1) is 0 Å². The van der Waals surface area contributed by atoms with Crippen LogP contribution in [0, 0.1) is 0 Å². The number of hydrogen-bond acceptors (Lipinski definition) is 4. The number of likely N-dealkylation sites (N-methyl/N-ethyl adjacent to an activating group) is 1. The lowest BCUT2D eigenvalue weighted by Crippen LogP contribution is -2.41. The molecule has 0 amide bonds. The van der Waals surface area contributed by atoms with Crippen LogP contribution in [0.3, 0.4) is 0 Å². The Morgan fingerprint density at radius 2 is 1.67 bits per heavy atom. The Morgan fingerprint density at radius 1 is 1.13 bits per heavy atom. The largest absolute Gasteiger partial charge is 0.352 e. The summed E-state index contributed by atoms with van der Waals surface area (Å²) in [6.07, 6.45) is -0.121. The van der Waals surface area contributed by atoms with E-state index in [1.807, 2.05) is 13.8 Å². The zero-order valence-electron chi connectivity index (χ0n) is 10.7. The summed E-state index contributed by atoms with van der Waals surface area (Å²) in [6, 6.07) is 0.448. The third kappa shape index (κ3) is 8.81. The second kappa shape index (κ2) is 9.09. The SMILES string of the molecule is CCOC(CNC(C)CN(C)C)OCC. The van der Waals surface area contributed by atoms with Gasteiger partial charge in [-0.25, -0.2) is 0 Å². The average molecular weight is 218 g/mol. The summed E-state index contributed by atoms with van der Waals surface area (Å²) < 4.78 is 10.9. The van der Waals surface area contributed by atoms with Crippen LogP contribution in [0.2, 0.25) is 0 Å². The van der Waals surface area contributed by atoms with E-state index < -0.39 is 0 Å². The first-order chi connectivity index (χ1) is 7.10. The van der Waals surface area contributed by atoms with Crippen molar-refractivity contribution in [2.45, 2.75) is 33.1 Å². The highest BCUT2D eigenvalue weighted by molar-refractivity contribution is 4.64. The summed E-state index contributed by atoms with van der Waals surface area (Å²) in [5, 5.41) is 3.39. The van der Waals surface area contributed by atoms with Crippen molar-refractivity contribution in [3.63, 3.8) is 0 Å². The molecule has 0 aromatic carbocycles. The predicted octanol–water partition coefficient (Wildman–Crippen LogP) is 0.925. The highest BCUT2D eigenvalue weighted by Gasteiger charge is 2.09. The third-order valence-corrected chi connectivity index (χ3v) is 1.98. The Balaban J connectivity index is 3.67. The predicted molar refractivity (Wildman–Crippen MR) is 63.1 cm³/mol. The summed E-state index contributed by atoms with van der Waals surface area (Å²) in [4.78, 5) is 2.16. The number of nitrogens with one attached hydrogen (secondary N) is 1. The molecule has 15 heavy (non-hydrogen) atoms. The lowest BCUT2D eigenvalue weighted by Gasteiger charge is -2.22. The standard InChI is InChI=1S/C11H26N2O2/c1-6-14-11(15-7-2)8-12-10(3)9-13(4)5/h10-12H,6-9H2,1-5H3. The lowest BCUT2D eigenvalue weighted by molar-refractivity contribution is -0.133. The van der Waals surface area contributed by atoms with Crippen molar-refractivity contribution in [3.05, 3.63) is 0 Å². The molecular weight excluding hydrogens is 192 g/mol. The minimum absolute atomic E-state index is 0.121.